The topological polar surface area (TPSA) is 65.5 Å². The molecule has 0 spiro atoms. The maximum atomic E-state index is 13.4. The van der Waals surface area contributed by atoms with Crippen LogP contribution in [0.5, 0.6) is 0 Å². The predicted molar refractivity (Wildman–Crippen MR) is 137 cm³/mol. The highest BCUT2D eigenvalue weighted by molar-refractivity contribution is 6.31. The van der Waals surface area contributed by atoms with Gasteiger partial charge in [0.25, 0.3) is 5.56 Å². The number of carbonyl (C=O) groups excluding carboxylic acids is 1. The van der Waals surface area contributed by atoms with Gasteiger partial charge in [0.15, 0.2) is 0 Å². The van der Waals surface area contributed by atoms with Gasteiger partial charge >= 0.3 is 0 Å². The molecule has 170 valence electrons. The van der Waals surface area contributed by atoms with E-state index in [1.807, 2.05) is 54.6 Å². The van der Waals surface area contributed by atoms with Crippen LogP contribution in [0.1, 0.15) is 41.6 Å². The van der Waals surface area contributed by atoms with E-state index in [0.717, 1.165) is 22.1 Å². The number of halogens is 2. The number of benzene rings is 3. The summed E-state index contributed by atoms with van der Waals surface area (Å²) in [5.41, 5.74) is 4.34. The van der Waals surface area contributed by atoms with E-state index in [4.69, 9.17) is 23.2 Å². The van der Waals surface area contributed by atoms with Crippen molar-refractivity contribution in [2.24, 2.45) is 5.10 Å². The molecule has 1 N–H and O–H groups in total. The Morgan fingerprint density at radius 3 is 2.44 bits per heavy atom. The van der Waals surface area contributed by atoms with E-state index in [9.17, 15) is 9.59 Å². The molecule has 2 heterocycles. The van der Waals surface area contributed by atoms with E-state index in [-0.39, 0.29) is 17.5 Å². The molecule has 1 aromatic heterocycles. The van der Waals surface area contributed by atoms with Crippen LogP contribution in [0.2, 0.25) is 10.0 Å². The zero-order valence-electron chi connectivity index (χ0n) is 18.4. The van der Waals surface area contributed by atoms with E-state index in [0.29, 0.717) is 39.7 Å². The summed E-state index contributed by atoms with van der Waals surface area (Å²) in [4.78, 5) is 28.8. The fraction of sp³-hybridized carbons (Fsp3) is 0.148. The number of hydrogen-bond acceptors (Lipinski definition) is 3. The van der Waals surface area contributed by atoms with Crippen LogP contribution in [0.25, 0.3) is 10.9 Å². The molecular formula is C27H21Cl2N3O2. The van der Waals surface area contributed by atoms with Gasteiger partial charge in [-0.15, -0.1) is 0 Å². The van der Waals surface area contributed by atoms with Crippen molar-refractivity contribution in [3.8, 4) is 0 Å². The molecule has 0 bridgehead atoms. The minimum absolute atomic E-state index is 0.195. The quantitative estimate of drug-likeness (QED) is 0.375. The van der Waals surface area contributed by atoms with Crippen LogP contribution >= 0.6 is 23.2 Å². The largest absolute Gasteiger partial charge is 0.321 e. The first-order valence-corrected chi connectivity index (χ1v) is 11.7. The Balaban J connectivity index is 1.68. The van der Waals surface area contributed by atoms with Gasteiger partial charge in [-0.1, -0.05) is 65.7 Å². The third kappa shape index (κ3) is 4.25. The molecule has 1 aliphatic heterocycles. The van der Waals surface area contributed by atoms with Crippen molar-refractivity contribution in [3.05, 3.63) is 115 Å². The highest BCUT2D eigenvalue weighted by atomic mass is 35.5. The maximum absolute atomic E-state index is 13.4. The lowest BCUT2D eigenvalue weighted by atomic mass is 9.91. The van der Waals surface area contributed by atoms with Crippen molar-refractivity contribution in [3.63, 3.8) is 0 Å². The summed E-state index contributed by atoms with van der Waals surface area (Å²) in [5, 5.41) is 8.15. The van der Waals surface area contributed by atoms with Crippen molar-refractivity contribution in [1.29, 1.82) is 0 Å². The summed E-state index contributed by atoms with van der Waals surface area (Å²) in [5.74, 6) is -0.195. The Morgan fingerprint density at radius 1 is 1.03 bits per heavy atom. The van der Waals surface area contributed by atoms with E-state index in [2.05, 4.69) is 10.1 Å². The number of amides is 1. The monoisotopic (exact) mass is 489 g/mol. The number of nitrogens with zero attached hydrogens (tertiary/aromatic N) is 2. The standard InChI is InChI=1S/C27H21Cl2N3O2/c1-16(33)32-25(18-7-9-19(28)10-8-18)15-24(31-32)26-22(13-17-5-3-2-4-6-17)21-14-20(29)11-12-23(21)30-27(26)34/h2-12,14,25H,13,15H2,1H3,(H,30,34). The van der Waals surface area contributed by atoms with Crippen molar-refractivity contribution in [1.82, 2.24) is 9.99 Å². The van der Waals surface area contributed by atoms with Crippen LogP contribution < -0.4 is 5.56 Å². The van der Waals surface area contributed by atoms with Gasteiger partial charge in [-0.25, -0.2) is 5.01 Å². The Bertz CT molecular complexity index is 1480. The number of pyridine rings is 1. The Morgan fingerprint density at radius 2 is 1.74 bits per heavy atom. The molecule has 34 heavy (non-hydrogen) atoms. The van der Waals surface area contributed by atoms with E-state index in [1.165, 1.54) is 11.9 Å². The Hall–Kier alpha value is -3.41. The number of hydrogen-bond donors (Lipinski definition) is 1. The second-order valence-electron chi connectivity index (χ2n) is 8.34. The molecule has 5 nitrogen and oxygen atoms in total. The number of nitrogens with one attached hydrogen (secondary N) is 1. The summed E-state index contributed by atoms with van der Waals surface area (Å²) in [7, 11) is 0. The van der Waals surface area contributed by atoms with E-state index in [1.54, 1.807) is 18.2 Å². The molecular weight excluding hydrogens is 469 g/mol. The average Bonchev–Trinajstić information content (AvgIpc) is 3.26. The summed E-state index contributed by atoms with van der Waals surface area (Å²) >= 11 is 12.4. The van der Waals surface area contributed by atoms with E-state index >= 15 is 0 Å². The van der Waals surface area contributed by atoms with Crippen LogP contribution in [0, 0.1) is 0 Å². The summed E-state index contributed by atoms with van der Waals surface area (Å²) in [6.07, 6.45) is 0.944. The molecule has 0 radical (unpaired) electrons. The van der Waals surface area contributed by atoms with Crippen LogP contribution in [-0.2, 0) is 11.2 Å². The first-order valence-electron chi connectivity index (χ1n) is 10.9. The third-order valence-electron chi connectivity index (χ3n) is 6.08. The van der Waals surface area contributed by atoms with Crippen LogP contribution in [0.15, 0.2) is 82.7 Å². The van der Waals surface area contributed by atoms with Crippen LogP contribution in [0.3, 0.4) is 0 Å². The lowest BCUT2D eigenvalue weighted by Gasteiger charge is -2.20. The van der Waals surface area contributed by atoms with Crippen molar-refractivity contribution < 1.29 is 4.79 Å². The molecule has 0 aliphatic carbocycles. The number of H-pyrrole nitrogens is 1. The number of rotatable bonds is 4. The molecule has 0 saturated heterocycles. The molecule has 0 saturated carbocycles. The number of fused-ring (bicyclic) bond motifs is 1. The third-order valence-corrected chi connectivity index (χ3v) is 6.57. The normalized spacial score (nSPS) is 15.6. The predicted octanol–water partition coefficient (Wildman–Crippen LogP) is 6.12. The van der Waals surface area contributed by atoms with Gasteiger partial charge in [-0.05, 0) is 53.4 Å². The number of aromatic nitrogens is 1. The highest BCUT2D eigenvalue weighted by Crippen LogP contribution is 2.35. The number of aromatic amines is 1. The molecule has 1 aliphatic rings. The summed E-state index contributed by atoms with van der Waals surface area (Å²) in [6, 6.07) is 22.4. The molecule has 4 aromatic rings. The van der Waals surface area contributed by atoms with E-state index < -0.39 is 0 Å². The van der Waals surface area contributed by atoms with Gasteiger partial charge in [-0.3, -0.25) is 9.59 Å². The second-order valence-corrected chi connectivity index (χ2v) is 9.21. The first-order chi connectivity index (χ1) is 16.4. The summed E-state index contributed by atoms with van der Waals surface area (Å²) < 4.78 is 0. The fourth-order valence-corrected chi connectivity index (χ4v) is 4.81. The number of hydrazone groups is 1. The lowest BCUT2D eigenvalue weighted by Crippen LogP contribution is -2.24. The minimum Gasteiger partial charge on any atom is -0.321 e. The van der Waals surface area contributed by atoms with Crippen LogP contribution in [-0.4, -0.2) is 21.6 Å². The van der Waals surface area contributed by atoms with Crippen molar-refractivity contribution >= 4 is 45.7 Å². The molecule has 7 heteroatoms. The van der Waals surface area contributed by atoms with Gasteiger partial charge < -0.3 is 4.98 Å². The van der Waals surface area contributed by atoms with Crippen LogP contribution in [0.4, 0.5) is 0 Å². The summed E-state index contributed by atoms with van der Waals surface area (Å²) in [6.45, 7) is 1.48. The second kappa shape index (κ2) is 9.09. The Kier molecular flexibility index (Phi) is 5.98. The van der Waals surface area contributed by atoms with Gasteiger partial charge in [0.05, 0.1) is 17.3 Å². The van der Waals surface area contributed by atoms with Gasteiger partial charge in [0.1, 0.15) is 0 Å². The van der Waals surface area contributed by atoms with Gasteiger partial charge in [0, 0.05) is 34.3 Å². The SMILES string of the molecule is CC(=O)N1N=C(c2c(Cc3ccccc3)c3cc(Cl)ccc3[nH]c2=O)CC1c1ccc(Cl)cc1. The molecule has 0 fully saturated rings. The molecule has 1 unspecified atom stereocenters. The van der Waals surface area contributed by atoms with Crippen molar-refractivity contribution in [2.75, 3.05) is 0 Å². The zero-order chi connectivity index (χ0) is 23.8. The smallest absolute Gasteiger partial charge is 0.257 e. The van der Waals surface area contributed by atoms with Crippen molar-refractivity contribution in [2.45, 2.75) is 25.8 Å². The van der Waals surface area contributed by atoms with Gasteiger partial charge in [-0.2, -0.15) is 5.10 Å². The molecule has 1 amide bonds. The number of carbonyl (C=O) groups is 1. The first kappa shape index (κ1) is 22.4. The molecule has 5 rings (SSSR count). The average molecular weight is 490 g/mol. The Labute approximate surface area is 206 Å². The fourth-order valence-electron chi connectivity index (χ4n) is 4.52. The van der Waals surface area contributed by atoms with Gasteiger partial charge in [0.2, 0.25) is 5.91 Å². The minimum atomic E-state index is -0.316. The lowest BCUT2D eigenvalue weighted by molar-refractivity contribution is -0.130. The zero-order valence-corrected chi connectivity index (χ0v) is 19.9. The molecule has 3 aromatic carbocycles. The molecule has 1 atom stereocenters. The maximum Gasteiger partial charge on any atom is 0.257 e. The highest BCUT2D eigenvalue weighted by Gasteiger charge is 2.33.